The van der Waals surface area contributed by atoms with E-state index in [2.05, 4.69) is 10.3 Å². The van der Waals surface area contributed by atoms with Crippen molar-refractivity contribution in [2.45, 2.75) is 13.3 Å². The zero-order chi connectivity index (χ0) is 14.7. The van der Waals surface area contributed by atoms with Gasteiger partial charge >= 0.3 is 12.0 Å². The third kappa shape index (κ3) is 3.09. The summed E-state index contributed by atoms with van der Waals surface area (Å²) in [6.07, 6.45) is 4.23. The quantitative estimate of drug-likeness (QED) is 0.831. The van der Waals surface area contributed by atoms with Crippen LogP contribution in [0.15, 0.2) is 12.4 Å². The number of aliphatic carboxylic acids is 1. The molecule has 2 rings (SSSR count). The van der Waals surface area contributed by atoms with Crippen molar-refractivity contribution < 1.29 is 14.7 Å². The molecule has 1 fully saturated rings. The van der Waals surface area contributed by atoms with Crippen LogP contribution in [0.5, 0.6) is 0 Å². The summed E-state index contributed by atoms with van der Waals surface area (Å²) in [4.78, 5) is 28.7. The monoisotopic (exact) mass is 280 g/mol. The van der Waals surface area contributed by atoms with E-state index in [1.54, 1.807) is 11.1 Å². The van der Waals surface area contributed by atoms with E-state index >= 15 is 0 Å². The van der Waals surface area contributed by atoms with Crippen LogP contribution >= 0.6 is 0 Å². The van der Waals surface area contributed by atoms with E-state index in [1.807, 2.05) is 24.7 Å². The molecule has 110 valence electrons. The normalized spacial score (nSPS) is 22.0. The number of aromatic nitrogens is 2. The van der Waals surface area contributed by atoms with Crippen LogP contribution in [-0.2, 0) is 18.3 Å². The van der Waals surface area contributed by atoms with Crippen molar-refractivity contribution in [1.29, 1.82) is 0 Å². The molecule has 0 unspecified atom stereocenters. The van der Waals surface area contributed by atoms with Gasteiger partial charge in [0.05, 0.1) is 5.92 Å². The van der Waals surface area contributed by atoms with Gasteiger partial charge in [0.15, 0.2) is 0 Å². The fraction of sp³-hybridized carbons (Fsp3) is 0.615. The van der Waals surface area contributed by atoms with E-state index in [-0.39, 0.29) is 18.5 Å². The first kappa shape index (κ1) is 14.4. The summed E-state index contributed by atoms with van der Waals surface area (Å²) < 4.78 is 1.91. The Kier molecular flexibility index (Phi) is 4.26. The van der Waals surface area contributed by atoms with Crippen LogP contribution in [0, 0.1) is 11.8 Å². The van der Waals surface area contributed by atoms with E-state index in [0.29, 0.717) is 19.5 Å². The van der Waals surface area contributed by atoms with Crippen molar-refractivity contribution >= 4 is 12.0 Å². The molecule has 0 radical (unpaired) electrons. The molecule has 2 atom stereocenters. The maximum Gasteiger partial charge on any atom is 0.317 e. The summed E-state index contributed by atoms with van der Waals surface area (Å²) in [5.41, 5.74) is 0. The van der Waals surface area contributed by atoms with Crippen LogP contribution in [0.4, 0.5) is 4.79 Å². The maximum atomic E-state index is 12.0. The molecule has 2 N–H and O–H groups in total. The number of rotatable bonds is 4. The lowest BCUT2D eigenvalue weighted by Gasteiger charge is -2.16. The highest BCUT2D eigenvalue weighted by Crippen LogP contribution is 2.22. The molecule has 7 heteroatoms. The number of amides is 2. The SMILES string of the molecule is C[C@@H]1CN(C(=O)NCCc2nccn2C)C[C@H]1C(=O)O. The van der Waals surface area contributed by atoms with E-state index in [1.165, 1.54) is 0 Å². The van der Waals surface area contributed by atoms with Crippen molar-refractivity contribution in [3.63, 3.8) is 0 Å². The highest BCUT2D eigenvalue weighted by Gasteiger charge is 2.36. The van der Waals surface area contributed by atoms with Crippen molar-refractivity contribution in [1.82, 2.24) is 19.8 Å². The number of nitrogens with zero attached hydrogens (tertiary/aromatic N) is 3. The van der Waals surface area contributed by atoms with Gasteiger partial charge in [0.1, 0.15) is 5.82 Å². The predicted molar refractivity (Wildman–Crippen MR) is 72.2 cm³/mol. The highest BCUT2D eigenvalue weighted by atomic mass is 16.4. The summed E-state index contributed by atoms with van der Waals surface area (Å²) >= 11 is 0. The van der Waals surface area contributed by atoms with Crippen molar-refractivity contribution in [2.24, 2.45) is 18.9 Å². The van der Waals surface area contributed by atoms with Crippen LogP contribution in [0.3, 0.4) is 0 Å². The fourth-order valence-electron chi connectivity index (χ4n) is 2.48. The smallest absolute Gasteiger partial charge is 0.317 e. The molecule has 1 aromatic heterocycles. The molecule has 1 aliphatic heterocycles. The molecule has 0 saturated carbocycles. The van der Waals surface area contributed by atoms with Crippen LogP contribution in [-0.4, -0.2) is 51.2 Å². The average molecular weight is 280 g/mol. The number of hydrogen-bond donors (Lipinski definition) is 2. The first-order valence-electron chi connectivity index (χ1n) is 6.71. The summed E-state index contributed by atoms with van der Waals surface area (Å²) in [6, 6.07) is -0.199. The molecule has 2 heterocycles. The van der Waals surface area contributed by atoms with E-state index in [4.69, 9.17) is 5.11 Å². The lowest BCUT2D eigenvalue weighted by atomic mass is 9.99. The summed E-state index contributed by atoms with van der Waals surface area (Å²) in [5, 5.41) is 11.9. The Labute approximate surface area is 117 Å². The number of aryl methyl sites for hydroxylation is 1. The van der Waals surface area contributed by atoms with Crippen LogP contribution < -0.4 is 5.32 Å². The second kappa shape index (κ2) is 5.94. The zero-order valence-electron chi connectivity index (χ0n) is 11.7. The fourth-order valence-corrected chi connectivity index (χ4v) is 2.48. The Morgan fingerprint density at radius 2 is 2.25 bits per heavy atom. The number of carbonyl (C=O) groups is 2. The van der Waals surface area contributed by atoms with Gasteiger partial charge in [-0.3, -0.25) is 4.79 Å². The van der Waals surface area contributed by atoms with Crippen molar-refractivity contribution in [3.8, 4) is 0 Å². The number of imidazole rings is 1. The lowest BCUT2D eigenvalue weighted by molar-refractivity contribution is -0.142. The molecule has 1 saturated heterocycles. The number of likely N-dealkylation sites (tertiary alicyclic amines) is 1. The second-order valence-electron chi connectivity index (χ2n) is 5.26. The largest absolute Gasteiger partial charge is 0.481 e. The zero-order valence-corrected chi connectivity index (χ0v) is 11.7. The Hall–Kier alpha value is -2.05. The number of nitrogens with one attached hydrogen (secondary N) is 1. The summed E-state index contributed by atoms with van der Waals surface area (Å²) in [6.45, 7) is 3.13. The number of carboxylic acid groups (broad SMARTS) is 1. The van der Waals surface area contributed by atoms with Gasteiger partial charge < -0.3 is 19.9 Å². The maximum absolute atomic E-state index is 12.0. The first-order valence-corrected chi connectivity index (χ1v) is 6.71. The van der Waals surface area contributed by atoms with Gasteiger partial charge in [-0.1, -0.05) is 6.92 Å². The van der Waals surface area contributed by atoms with Crippen LogP contribution in [0.25, 0.3) is 0 Å². The number of carboxylic acids is 1. The minimum absolute atomic E-state index is 0.00668. The Morgan fingerprint density at radius 3 is 2.80 bits per heavy atom. The van der Waals surface area contributed by atoms with E-state index in [0.717, 1.165) is 5.82 Å². The van der Waals surface area contributed by atoms with Gasteiger partial charge in [0, 0.05) is 45.5 Å². The van der Waals surface area contributed by atoms with Crippen LogP contribution in [0.1, 0.15) is 12.7 Å². The molecule has 0 spiro atoms. The number of carbonyl (C=O) groups excluding carboxylic acids is 1. The predicted octanol–water partition coefficient (Wildman–Crippen LogP) is 0.325. The molecule has 2 amide bonds. The third-order valence-electron chi connectivity index (χ3n) is 3.76. The molecular formula is C13H20N4O3. The molecule has 1 aromatic rings. The molecular weight excluding hydrogens is 260 g/mol. The van der Waals surface area contributed by atoms with E-state index < -0.39 is 11.9 Å². The Morgan fingerprint density at radius 1 is 1.50 bits per heavy atom. The van der Waals surface area contributed by atoms with Gasteiger partial charge in [-0.15, -0.1) is 0 Å². The topological polar surface area (TPSA) is 87.5 Å². The standard InChI is InChI=1S/C13H20N4O3/c1-9-7-17(8-10(9)12(18)19)13(20)15-4-3-11-14-5-6-16(11)2/h5-6,9-10H,3-4,7-8H2,1-2H3,(H,15,20)(H,18,19)/t9-,10-/m1/s1. The van der Waals surface area contributed by atoms with Crippen molar-refractivity contribution in [3.05, 3.63) is 18.2 Å². The van der Waals surface area contributed by atoms with Gasteiger partial charge in [-0.25, -0.2) is 9.78 Å². The van der Waals surface area contributed by atoms with Gasteiger partial charge in [-0.05, 0) is 5.92 Å². The molecule has 7 nitrogen and oxygen atoms in total. The highest BCUT2D eigenvalue weighted by molar-refractivity contribution is 5.77. The Bertz CT molecular complexity index is 500. The number of urea groups is 1. The van der Waals surface area contributed by atoms with Gasteiger partial charge in [-0.2, -0.15) is 0 Å². The minimum Gasteiger partial charge on any atom is -0.481 e. The molecule has 20 heavy (non-hydrogen) atoms. The number of hydrogen-bond acceptors (Lipinski definition) is 3. The average Bonchev–Trinajstić information content (AvgIpc) is 2.96. The first-order chi connectivity index (χ1) is 9.49. The van der Waals surface area contributed by atoms with Gasteiger partial charge in [0.25, 0.3) is 0 Å². The summed E-state index contributed by atoms with van der Waals surface area (Å²) in [7, 11) is 1.91. The van der Waals surface area contributed by atoms with Crippen molar-refractivity contribution in [2.75, 3.05) is 19.6 Å². The minimum atomic E-state index is -0.833. The third-order valence-corrected chi connectivity index (χ3v) is 3.76. The summed E-state index contributed by atoms with van der Waals surface area (Å²) in [5.74, 6) is -0.396. The second-order valence-corrected chi connectivity index (χ2v) is 5.26. The molecule has 1 aliphatic rings. The molecule has 0 aliphatic carbocycles. The van der Waals surface area contributed by atoms with Gasteiger partial charge in [0.2, 0.25) is 0 Å². The Balaban J connectivity index is 1.78. The lowest BCUT2D eigenvalue weighted by Crippen LogP contribution is -2.40. The van der Waals surface area contributed by atoms with Crippen LogP contribution in [0.2, 0.25) is 0 Å². The van der Waals surface area contributed by atoms with E-state index in [9.17, 15) is 9.59 Å². The molecule has 0 bridgehead atoms. The molecule has 0 aromatic carbocycles.